The molecule has 0 aliphatic carbocycles. The van der Waals surface area contributed by atoms with E-state index in [0.29, 0.717) is 37.7 Å². The van der Waals surface area contributed by atoms with Crippen LogP contribution in [-0.4, -0.2) is 52.1 Å². The van der Waals surface area contributed by atoms with E-state index in [1.165, 1.54) is 6.33 Å². The molecule has 0 spiro atoms. The molecule has 130 valence electrons. The number of nitrogens with zero attached hydrogens (tertiary/aromatic N) is 4. The molecule has 0 unspecified atom stereocenters. The third-order valence-corrected chi connectivity index (χ3v) is 3.52. The predicted octanol–water partition coefficient (Wildman–Crippen LogP) is 1.71. The van der Waals surface area contributed by atoms with Crippen molar-refractivity contribution in [3.05, 3.63) is 6.33 Å². The normalized spacial score (nSPS) is 12.9. The van der Waals surface area contributed by atoms with Crippen LogP contribution in [0.5, 0.6) is 0 Å². The number of urea groups is 1. The minimum Gasteiger partial charge on any atom is -0.338 e. The lowest BCUT2D eigenvalue weighted by molar-refractivity contribution is -0.118. The standard InChI is InChI=1S/C15H23N7O2/c23-12(10-13-16-8-9-17-13)6-4-2-1-3-5-7-18-15(24)21-14-19-11-20-22-14/h8,11H,1-7,9-10H2,(H3,18,19,20,21,22,24). The number of amides is 2. The van der Waals surface area contributed by atoms with Crippen molar-refractivity contribution in [3.63, 3.8) is 0 Å². The Labute approximate surface area is 140 Å². The van der Waals surface area contributed by atoms with Gasteiger partial charge in [0.2, 0.25) is 5.95 Å². The molecule has 2 rings (SSSR count). The lowest BCUT2D eigenvalue weighted by Gasteiger charge is -2.05. The van der Waals surface area contributed by atoms with Crippen molar-refractivity contribution >= 4 is 29.8 Å². The summed E-state index contributed by atoms with van der Waals surface area (Å²) < 4.78 is 0. The van der Waals surface area contributed by atoms with Gasteiger partial charge in [-0.25, -0.2) is 14.9 Å². The highest BCUT2D eigenvalue weighted by Crippen LogP contribution is 2.08. The zero-order valence-corrected chi connectivity index (χ0v) is 13.6. The number of nitrogens with one attached hydrogen (secondary N) is 3. The number of rotatable bonds is 11. The van der Waals surface area contributed by atoms with Gasteiger partial charge in [0.15, 0.2) is 0 Å². The van der Waals surface area contributed by atoms with E-state index in [0.717, 1.165) is 32.1 Å². The summed E-state index contributed by atoms with van der Waals surface area (Å²) >= 11 is 0. The second-order valence-electron chi connectivity index (χ2n) is 5.52. The van der Waals surface area contributed by atoms with Crippen LogP contribution >= 0.6 is 0 Å². The molecule has 1 aromatic heterocycles. The van der Waals surface area contributed by atoms with E-state index in [1.807, 2.05) is 0 Å². The lowest BCUT2D eigenvalue weighted by atomic mass is 10.1. The first-order chi connectivity index (χ1) is 11.7. The summed E-state index contributed by atoms with van der Waals surface area (Å²) in [7, 11) is 0. The Balaban J connectivity index is 1.39. The maximum atomic E-state index is 11.7. The number of carbonyl (C=O) groups excluding carboxylic acids is 2. The highest BCUT2D eigenvalue weighted by Gasteiger charge is 2.08. The summed E-state index contributed by atoms with van der Waals surface area (Å²) in [5, 5.41) is 11.5. The lowest BCUT2D eigenvalue weighted by Crippen LogP contribution is -2.29. The molecule has 9 nitrogen and oxygen atoms in total. The minimum absolute atomic E-state index is 0.207. The molecule has 3 N–H and O–H groups in total. The van der Waals surface area contributed by atoms with Crippen LogP contribution in [-0.2, 0) is 4.79 Å². The second-order valence-corrected chi connectivity index (χ2v) is 5.52. The number of carbonyl (C=O) groups is 2. The monoisotopic (exact) mass is 333 g/mol. The number of anilines is 1. The summed E-state index contributed by atoms with van der Waals surface area (Å²) in [6.45, 7) is 1.21. The molecule has 0 radical (unpaired) electrons. The molecular formula is C15H23N7O2. The van der Waals surface area contributed by atoms with Crippen LogP contribution in [0.4, 0.5) is 10.7 Å². The number of aromatic nitrogens is 3. The molecule has 0 saturated heterocycles. The van der Waals surface area contributed by atoms with Gasteiger partial charge in [-0.15, -0.1) is 0 Å². The van der Waals surface area contributed by atoms with Crippen molar-refractivity contribution in [2.45, 2.75) is 44.9 Å². The second kappa shape index (κ2) is 10.2. The molecule has 0 fully saturated rings. The van der Waals surface area contributed by atoms with Gasteiger partial charge in [-0.05, 0) is 12.8 Å². The molecule has 0 saturated carbocycles. The quantitative estimate of drug-likeness (QED) is 0.533. The average Bonchev–Trinajstić information content (AvgIpc) is 3.23. The Kier molecular flexibility index (Phi) is 7.58. The molecule has 9 heteroatoms. The van der Waals surface area contributed by atoms with Crippen molar-refractivity contribution in [1.82, 2.24) is 20.5 Å². The largest absolute Gasteiger partial charge is 0.338 e. The molecule has 0 bridgehead atoms. The maximum Gasteiger partial charge on any atom is 0.321 e. The van der Waals surface area contributed by atoms with Crippen molar-refractivity contribution < 1.29 is 9.59 Å². The van der Waals surface area contributed by atoms with Gasteiger partial charge < -0.3 is 5.32 Å². The Bertz CT molecular complexity index is 581. The van der Waals surface area contributed by atoms with Gasteiger partial charge in [-0.3, -0.25) is 15.1 Å². The smallest absolute Gasteiger partial charge is 0.321 e. The fourth-order valence-electron chi connectivity index (χ4n) is 2.30. The third-order valence-electron chi connectivity index (χ3n) is 3.52. The first-order valence-corrected chi connectivity index (χ1v) is 8.22. The van der Waals surface area contributed by atoms with Gasteiger partial charge in [-0.1, -0.05) is 19.3 Å². The fourth-order valence-corrected chi connectivity index (χ4v) is 2.30. The van der Waals surface area contributed by atoms with Gasteiger partial charge in [-0.2, -0.15) is 10.1 Å². The van der Waals surface area contributed by atoms with Crippen molar-refractivity contribution in [1.29, 1.82) is 0 Å². The van der Waals surface area contributed by atoms with E-state index in [-0.39, 0.29) is 11.8 Å². The number of aliphatic imine (C=N–C) groups is 2. The average molecular weight is 333 g/mol. The first-order valence-electron chi connectivity index (χ1n) is 8.22. The molecule has 1 aliphatic rings. The number of hydrogen-bond donors (Lipinski definition) is 3. The van der Waals surface area contributed by atoms with E-state index in [2.05, 4.69) is 35.8 Å². The third kappa shape index (κ3) is 7.12. The molecular weight excluding hydrogens is 310 g/mol. The topological polar surface area (TPSA) is 124 Å². The molecule has 0 aromatic carbocycles. The maximum absolute atomic E-state index is 11.7. The number of aromatic amines is 1. The molecule has 1 aliphatic heterocycles. The van der Waals surface area contributed by atoms with Crippen molar-refractivity contribution in [3.8, 4) is 0 Å². The number of Topliss-reactive ketones (excluding diaryl/α,β-unsaturated/α-hetero) is 1. The zero-order valence-electron chi connectivity index (χ0n) is 13.6. The highest BCUT2D eigenvalue weighted by atomic mass is 16.2. The van der Waals surface area contributed by atoms with Crippen LogP contribution in [0.25, 0.3) is 0 Å². The SMILES string of the molecule is O=C(CCCCCCCNC(=O)Nc1ncn[nH]1)CC1=NCC=N1. The minimum atomic E-state index is -0.296. The Morgan fingerprint density at radius 2 is 2.00 bits per heavy atom. The number of ketones is 1. The van der Waals surface area contributed by atoms with Crippen LogP contribution in [0.2, 0.25) is 0 Å². The summed E-state index contributed by atoms with van der Waals surface area (Å²) in [6, 6.07) is -0.296. The first kappa shape index (κ1) is 17.8. The van der Waals surface area contributed by atoms with Gasteiger partial charge in [0, 0.05) is 19.2 Å². The molecule has 1 aromatic rings. The molecule has 2 amide bonds. The number of hydrogen-bond acceptors (Lipinski definition) is 6. The van der Waals surface area contributed by atoms with E-state index < -0.39 is 0 Å². The van der Waals surface area contributed by atoms with E-state index in [1.54, 1.807) is 6.21 Å². The summed E-state index contributed by atoms with van der Waals surface area (Å²) in [5.41, 5.74) is 0. The predicted molar refractivity (Wildman–Crippen MR) is 91.5 cm³/mol. The van der Waals surface area contributed by atoms with E-state index in [9.17, 15) is 9.59 Å². The molecule has 2 heterocycles. The van der Waals surface area contributed by atoms with Crippen molar-refractivity contribution in [2.24, 2.45) is 9.98 Å². The van der Waals surface area contributed by atoms with Crippen molar-refractivity contribution in [2.75, 3.05) is 18.4 Å². The van der Waals surface area contributed by atoms with Crippen LogP contribution in [0.15, 0.2) is 16.3 Å². The fraction of sp³-hybridized carbons (Fsp3) is 0.600. The van der Waals surface area contributed by atoms with E-state index >= 15 is 0 Å². The number of H-pyrrole nitrogens is 1. The van der Waals surface area contributed by atoms with Crippen LogP contribution < -0.4 is 10.6 Å². The van der Waals surface area contributed by atoms with Gasteiger partial charge in [0.05, 0.1) is 13.0 Å². The molecule has 24 heavy (non-hydrogen) atoms. The Morgan fingerprint density at radius 3 is 2.75 bits per heavy atom. The highest BCUT2D eigenvalue weighted by molar-refractivity contribution is 6.05. The number of amidine groups is 1. The van der Waals surface area contributed by atoms with E-state index in [4.69, 9.17) is 0 Å². The van der Waals surface area contributed by atoms with Gasteiger partial charge in [0.1, 0.15) is 17.9 Å². The summed E-state index contributed by atoms with van der Waals surface area (Å²) in [5.74, 6) is 1.19. The Morgan fingerprint density at radius 1 is 1.17 bits per heavy atom. The molecule has 0 atom stereocenters. The zero-order chi connectivity index (χ0) is 17.0. The van der Waals surface area contributed by atoms with Crippen LogP contribution in [0.3, 0.4) is 0 Å². The van der Waals surface area contributed by atoms with Crippen LogP contribution in [0, 0.1) is 0 Å². The van der Waals surface area contributed by atoms with Crippen LogP contribution in [0.1, 0.15) is 44.9 Å². The Hall–Kier alpha value is -2.58. The van der Waals surface area contributed by atoms with Gasteiger partial charge in [0.25, 0.3) is 0 Å². The summed E-state index contributed by atoms with van der Waals surface area (Å²) in [6.07, 6.45) is 8.90. The van der Waals surface area contributed by atoms with Gasteiger partial charge >= 0.3 is 6.03 Å². The number of unbranched alkanes of at least 4 members (excludes halogenated alkanes) is 4. The summed E-state index contributed by atoms with van der Waals surface area (Å²) in [4.78, 5) is 35.2.